The first-order valence-corrected chi connectivity index (χ1v) is 9.37. The average molecular weight is 341 g/mol. The molecule has 2 heterocycles. The number of carbonyl (C=O) groups excluding carboxylic acids is 1. The summed E-state index contributed by atoms with van der Waals surface area (Å²) in [6.07, 6.45) is 1.78. The van der Waals surface area contributed by atoms with Gasteiger partial charge in [0.2, 0.25) is 5.91 Å². The largest absolute Gasteiger partial charge is 0.358 e. The van der Waals surface area contributed by atoms with Crippen LogP contribution in [0, 0.1) is 0 Å². The summed E-state index contributed by atoms with van der Waals surface area (Å²) in [5, 5.41) is 0.622. The van der Waals surface area contributed by atoms with E-state index in [9.17, 15) is 13.2 Å². The average Bonchev–Trinajstić information content (AvgIpc) is 2.82. The molecule has 0 aliphatic carbocycles. The molecule has 0 spiro atoms. The minimum absolute atomic E-state index is 0.343. The summed E-state index contributed by atoms with van der Waals surface area (Å²) >= 11 is 6.05. The lowest BCUT2D eigenvalue weighted by atomic mass is 10.0. The van der Waals surface area contributed by atoms with Crippen molar-refractivity contribution in [2.75, 3.05) is 12.8 Å². The minimum Gasteiger partial charge on any atom is -0.358 e. The maximum absolute atomic E-state index is 12.4. The highest BCUT2D eigenvalue weighted by Gasteiger charge is 2.31. The van der Waals surface area contributed by atoms with Gasteiger partial charge in [-0.2, -0.15) is 0 Å². The third kappa shape index (κ3) is 2.61. The lowest BCUT2D eigenvalue weighted by molar-refractivity contribution is -0.131. The number of hydrogen-bond donors (Lipinski definition) is 1. The highest BCUT2D eigenvalue weighted by atomic mass is 35.5. The van der Waals surface area contributed by atoms with Gasteiger partial charge in [0.1, 0.15) is 5.25 Å². The second kappa shape index (κ2) is 5.28. The Morgan fingerprint density at radius 1 is 1.41 bits per heavy atom. The smallest absolute Gasteiger partial charge is 0.240 e. The molecule has 0 bridgehead atoms. The third-order valence-corrected chi connectivity index (χ3v) is 5.96. The fourth-order valence-electron chi connectivity index (χ4n) is 2.81. The van der Waals surface area contributed by atoms with Gasteiger partial charge in [0, 0.05) is 52.9 Å². The van der Waals surface area contributed by atoms with Crippen LogP contribution in [-0.2, 0) is 27.6 Å². The Morgan fingerprint density at radius 2 is 2.14 bits per heavy atom. The van der Waals surface area contributed by atoms with E-state index in [2.05, 4.69) is 4.98 Å². The number of H-pyrrole nitrogens is 1. The van der Waals surface area contributed by atoms with E-state index in [-0.39, 0.29) is 5.91 Å². The van der Waals surface area contributed by atoms with Crippen molar-refractivity contribution in [3.8, 4) is 0 Å². The first kappa shape index (κ1) is 15.4. The van der Waals surface area contributed by atoms with Gasteiger partial charge in [0.15, 0.2) is 9.84 Å². The Balaban J connectivity index is 1.95. The topological polar surface area (TPSA) is 70.2 Å². The van der Waals surface area contributed by atoms with E-state index in [0.717, 1.165) is 28.4 Å². The van der Waals surface area contributed by atoms with Crippen LogP contribution in [0.25, 0.3) is 10.9 Å². The Morgan fingerprint density at radius 3 is 2.82 bits per heavy atom. The summed E-state index contributed by atoms with van der Waals surface area (Å²) in [6, 6.07) is 5.61. The summed E-state index contributed by atoms with van der Waals surface area (Å²) < 4.78 is 23.2. The van der Waals surface area contributed by atoms with E-state index in [0.29, 0.717) is 24.5 Å². The highest BCUT2D eigenvalue weighted by molar-refractivity contribution is 7.92. The number of rotatable bonds is 2. The van der Waals surface area contributed by atoms with Crippen LogP contribution >= 0.6 is 11.6 Å². The van der Waals surface area contributed by atoms with E-state index < -0.39 is 15.1 Å². The second-order valence-electron chi connectivity index (χ2n) is 5.75. The first-order chi connectivity index (χ1) is 10.3. The van der Waals surface area contributed by atoms with Crippen molar-refractivity contribution >= 4 is 38.2 Å². The van der Waals surface area contributed by atoms with Crippen LogP contribution in [-0.4, -0.2) is 42.3 Å². The van der Waals surface area contributed by atoms with Gasteiger partial charge in [0.05, 0.1) is 0 Å². The van der Waals surface area contributed by atoms with Crippen LogP contribution in [0.4, 0.5) is 0 Å². The maximum Gasteiger partial charge on any atom is 0.240 e. The van der Waals surface area contributed by atoms with Gasteiger partial charge in [0.25, 0.3) is 0 Å². The minimum atomic E-state index is -3.38. The Bertz CT molecular complexity index is 857. The number of sulfone groups is 1. The van der Waals surface area contributed by atoms with Crippen LogP contribution in [0.1, 0.15) is 18.2 Å². The van der Waals surface area contributed by atoms with Crippen molar-refractivity contribution in [2.24, 2.45) is 0 Å². The predicted molar refractivity (Wildman–Crippen MR) is 86.7 cm³/mol. The molecular formula is C15H17ClN2O3S. The predicted octanol–water partition coefficient (Wildman–Crippen LogP) is 2.14. The van der Waals surface area contributed by atoms with Gasteiger partial charge in [-0.1, -0.05) is 11.6 Å². The van der Waals surface area contributed by atoms with E-state index in [4.69, 9.17) is 11.6 Å². The number of nitrogens with one attached hydrogen (secondary N) is 1. The molecule has 22 heavy (non-hydrogen) atoms. The van der Waals surface area contributed by atoms with Crippen LogP contribution in [0.3, 0.4) is 0 Å². The van der Waals surface area contributed by atoms with Crippen LogP contribution < -0.4 is 0 Å². The quantitative estimate of drug-likeness (QED) is 0.910. The fourth-order valence-corrected chi connectivity index (χ4v) is 3.50. The third-order valence-electron chi connectivity index (χ3n) is 4.24. The van der Waals surface area contributed by atoms with Gasteiger partial charge < -0.3 is 9.88 Å². The number of fused-ring (bicyclic) bond motifs is 3. The molecule has 1 aliphatic heterocycles. The zero-order chi connectivity index (χ0) is 16.1. The number of halogens is 1. The van der Waals surface area contributed by atoms with Gasteiger partial charge in [-0.25, -0.2) is 8.42 Å². The number of nitrogens with zero attached hydrogens (tertiary/aromatic N) is 1. The highest BCUT2D eigenvalue weighted by Crippen LogP contribution is 2.30. The van der Waals surface area contributed by atoms with Gasteiger partial charge >= 0.3 is 0 Å². The fraction of sp³-hybridized carbons (Fsp3) is 0.400. The number of carbonyl (C=O) groups is 1. The molecule has 1 aliphatic rings. The molecule has 7 heteroatoms. The zero-order valence-corrected chi connectivity index (χ0v) is 14.0. The Labute approximate surface area is 134 Å². The molecule has 1 amide bonds. The van der Waals surface area contributed by atoms with Crippen molar-refractivity contribution < 1.29 is 13.2 Å². The van der Waals surface area contributed by atoms with E-state index in [1.54, 1.807) is 4.90 Å². The number of amides is 1. The standard InChI is InChI=1S/C15H17ClN2O3S/c1-9(22(2,20)21)15(19)18-6-5-14-12(8-18)11-7-10(16)3-4-13(11)17-14/h3-4,7,9,17H,5-6,8H2,1-2H3/t9-/m1/s1. The summed E-state index contributed by atoms with van der Waals surface area (Å²) in [6.45, 7) is 2.37. The molecule has 0 saturated heterocycles. The molecule has 1 N–H and O–H groups in total. The SMILES string of the molecule is C[C@H](C(=O)N1CCc2[nH]c3ccc(Cl)cc3c2C1)S(C)(=O)=O. The lowest BCUT2D eigenvalue weighted by Gasteiger charge is -2.29. The van der Waals surface area contributed by atoms with Crippen molar-refractivity contribution in [1.29, 1.82) is 0 Å². The van der Waals surface area contributed by atoms with Crippen molar-refractivity contribution in [3.05, 3.63) is 34.5 Å². The number of hydrogen-bond acceptors (Lipinski definition) is 3. The van der Waals surface area contributed by atoms with Gasteiger partial charge in [-0.05, 0) is 25.1 Å². The van der Waals surface area contributed by atoms with Crippen molar-refractivity contribution in [1.82, 2.24) is 9.88 Å². The van der Waals surface area contributed by atoms with Crippen LogP contribution in [0.2, 0.25) is 5.02 Å². The van der Waals surface area contributed by atoms with Crippen LogP contribution in [0.15, 0.2) is 18.2 Å². The second-order valence-corrected chi connectivity index (χ2v) is 8.56. The molecule has 118 valence electrons. The summed E-state index contributed by atoms with van der Waals surface area (Å²) in [7, 11) is -3.38. The van der Waals surface area contributed by atoms with E-state index >= 15 is 0 Å². The maximum atomic E-state index is 12.4. The molecule has 0 fully saturated rings. The Kier molecular flexibility index (Phi) is 3.69. The Hall–Kier alpha value is -1.53. The van der Waals surface area contributed by atoms with E-state index in [1.165, 1.54) is 6.92 Å². The molecule has 3 rings (SSSR count). The normalized spacial score (nSPS) is 16.6. The van der Waals surface area contributed by atoms with E-state index in [1.807, 2.05) is 18.2 Å². The lowest BCUT2D eigenvalue weighted by Crippen LogP contribution is -2.43. The number of aromatic nitrogens is 1. The zero-order valence-electron chi connectivity index (χ0n) is 12.4. The summed E-state index contributed by atoms with van der Waals surface area (Å²) in [5.74, 6) is -0.343. The molecule has 5 nitrogen and oxygen atoms in total. The molecule has 1 aromatic heterocycles. The molecule has 1 aromatic carbocycles. The van der Waals surface area contributed by atoms with Crippen molar-refractivity contribution in [3.63, 3.8) is 0 Å². The summed E-state index contributed by atoms with van der Waals surface area (Å²) in [5.41, 5.74) is 3.10. The first-order valence-electron chi connectivity index (χ1n) is 7.04. The van der Waals surface area contributed by atoms with Crippen molar-refractivity contribution in [2.45, 2.75) is 25.1 Å². The van der Waals surface area contributed by atoms with Gasteiger partial charge in [-0.15, -0.1) is 0 Å². The van der Waals surface area contributed by atoms with Gasteiger partial charge in [-0.3, -0.25) is 4.79 Å². The molecular weight excluding hydrogens is 324 g/mol. The molecule has 0 unspecified atom stereocenters. The summed E-state index contributed by atoms with van der Waals surface area (Å²) in [4.78, 5) is 17.4. The van der Waals surface area contributed by atoms with Crippen LogP contribution in [0.5, 0.6) is 0 Å². The monoisotopic (exact) mass is 340 g/mol. The molecule has 0 saturated carbocycles. The molecule has 1 atom stereocenters. The molecule has 2 aromatic rings. The number of benzene rings is 1. The molecule has 0 radical (unpaired) electrons. The number of aromatic amines is 1.